The molecule has 0 bridgehead atoms. The summed E-state index contributed by atoms with van der Waals surface area (Å²) in [4.78, 5) is 0. The first-order chi connectivity index (χ1) is 5.27. The molecule has 0 aliphatic heterocycles. The molecule has 2 radical (unpaired) electrons. The Labute approximate surface area is 76.3 Å². The van der Waals surface area contributed by atoms with Gasteiger partial charge in [0.1, 0.15) is 13.6 Å². The van der Waals surface area contributed by atoms with Gasteiger partial charge < -0.3 is 4.74 Å². The Hall–Kier alpha value is -0.435. The highest BCUT2D eigenvalue weighted by molar-refractivity contribution is 9.08. The summed E-state index contributed by atoms with van der Waals surface area (Å²) in [5.41, 5.74) is 1.84. The highest BCUT2D eigenvalue weighted by Gasteiger charge is 1.99. The van der Waals surface area contributed by atoms with Gasteiger partial charge in [0.25, 0.3) is 0 Å². The van der Waals surface area contributed by atoms with E-state index in [1.165, 1.54) is 0 Å². The maximum Gasteiger partial charge on any atom is 0.122 e. The second kappa shape index (κ2) is 3.81. The molecule has 1 aromatic rings. The SMILES string of the molecule is [B]c1ccc(CBr)c(OC)c1. The third kappa shape index (κ3) is 1.99. The average molecular weight is 211 g/mol. The number of rotatable bonds is 2. The van der Waals surface area contributed by atoms with Gasteiger partial charge in [0.15, 0.2) is 0 Å². The van der Waals surface area contributed by atoms with Gasteiger partial charge in [-0.05, 0) is 6.07 Å². The van der Waals surface area contributed by atoms with Crippen LogP contribution < -0.4 is 10.2 Å². The Balaban J connectivity index is 3.06. The summed E-state index contributed by atoms with van der Waals surface area (Å²) in [7, 11) is 7.20. The van der Waals surface area contributed by atoms with Crippen molar-refractivity contribution >= 4 is 29.2 Å². The third-order valence-electron chi connectivity index (χ3n) is 1.46. The van der Waals surface area contributed by atoms with E-state index in [4.69, 9.17) is 12.6 Å². The summed E-state index contributed by atoms with van der Waals surface area (Å²) in [5.74, 6) is 0.835. The fourth-order valence-corrected chi connectivity index (χ4v) is 1.33. The second-order valence-electron chi connectivity index (χ2n) is 2.20. The van der Waals surface area contributed by atoms with Gasteiger partial charge in [-0.2, -0.15) is 0 Å². The molecule has 0 spiro atoms. The van der Waals surface area contributed by atoms with Crippen molar-refractivity contribution in [3.63, 3.8) is 0 Å². The molecule has 1 nitrogen and oxygen atoms in total. The Morgan fingerprint density at radius 3 is 2.82 bits per heavy atom. The van der Waals surface area contributed by atoms with Gasteiger partial charge >= 0.3 is 0 Å². The summed E-state index contributed by atoms with van der Waals surface area (Å²) < 4.78 is 5.11. The van der Waals surface area contributed by atoms with Gasteiger partial charge in [0, 0.05) is 10.9 Å². The molecule has 0 amide bonds. The van der Waals surface area contributed by atoms with E-state index in [0.29, 0.717) is 0 Å². The Kier molecular flexibility index (Phi) is 3.00. The zero-order chi connectivity index (χ0) is 8.27. The van der Waals surface area contributed by atoms with E-state index >= 15 is 0 Å². The smallest absolute Gasteiger partial charge is 0.122 e. The molecule has 3 heteroatoms. The van der Waals surface area contributed by atoms with Crippen LogP contribution in [0.4, 0.5) is 0 Å². The van der Waals surface area contributed by atoms with Crippen LogP contribution >= 0.6 is 15.9 Å². The summed E-state index contributed by atoms with van der Waals surface area (Å²) >= 11 is 3.35. The standard InChI is InChI=1S/C8H8BBrO/c1-11-8-4-7(9)3-2-6(8)5-10/h2-4H,5H2,1H3. The van der Waals surface area contributed by atoms with Crippen molar-refractivity contribution in [2.24, 2.45) is 0 Å². The number of methoxy groups -OCH3 is 1. The zero-order valence-corrected chi connectivity index (χ0v) is 7.89. The van der Waals surface area contributed by atoms with E-state index in [1.807, 2.05) is 18.2 Å². The summed E-state index contributed by atoms with van der Waals surface area (Å²) in [6.45, 7) is 0. The van der Waals surface area contributed by atoms with E-state index < -0.39 is 0 Å². The number of alkyl halides is 1. The van der Waals surface area contributed by atoms with Crippen LogP contribution in [-0.2, 0) is 5.33 Å². The Morgan fingerprint density at radius 2 is 2.27 bits per heavy atom. The van der Waals surface area contributed by atoms with Crippen molar-refractivity contribution in [1.82, 2.24) is 0 Å². The van der Waals surface area contributed by atoms with E-state index in [1.54, 1.807) is 7.11 Å². The number of hydrogen-bond donors (Lipinski definition) is 0. The predicted molar refractivity (Wildman–Crippen MR) is 51.0 cm³/mol. The van der Waals surface area contributed by atoms with Crippen molar-refractivity contribution < 1.29 is 4.74 Å². The molecule has 0 atom stereocenters. The summed E-state index contributed by atoms with van der Waals surface area (Å²) in [5, 5.41) is 0.788. The minimum Gasteiger partial charge on any atom is -0.496 e. The molecular weight excluding hydrogens is 203 g/mol. The highest BCUT2D eigenvalue weighted by atomic mass is 79.9. The van der Waals surface area contributed by atoms with Crippen LogP contribution in [0.1, 0.15) is 5.56 Å². The maximum atomic E-state index is 5.56. The molecule has 0 unspecified atom stereocenters. The van der Waals surface area contributed by atoms with Crippen molar-refractivity contribution in [3.05, 3.63) is 23.8 Å². The lowest BCUT2D eigenvalue weighted by Gasteiger charge is -2.05. The molecule has 0 saturated carbocycles. The Bertz CT molecular complexity index is 250. The lowest BCUT2D eigenvalue weighted by molar-refractivity contribution is 0.412. The molecule has 11 heavy (non-hydrogen) atoms. The van der Waals surface area contributed by atoms with Crippen molar-refractivity contribution in [1.29, 1.82) is 0 Å². The molecule has 0 aliphatic carbocycles. The van der Waals surface area contributed by atoms with Crippen LogP contribution in [0.5, 0.6) is 5.75 Å². The largest absolute Gasteiger partial charge is 0.496 e. The monoisotopic (exact) mass is 210 g/mol. The quantitative estimate of drug-likeness (QED) is 0.530. The lowest BCUT2D eigenvalue weighted by Crippen LogP contribution is -2.03. The molecule has 56 valence electrons. The van der Waals surface area contributed by atoms with Crippen LogP contribution in [0.3, 0.4) is 0 Å². The Morgan fingerprint density at radius 1 is 1.55 bits per heavy atom. The minimum atomic E-state index is 0.728. The number of hydrogen-bond acceptors (Lipinski definition) is 1. The lowest BCUT2D eigenvalue weighted by atomic mass is 9.95. The van der Waals surface area contributed by atoms with Crippen LogP contribution in [0, 0.1) is 0 Å². The molecular formula is C8H8BBrO. The number of halogens is 1. The van der Waals surface area contributed by atoms with Crippen LogP contribution in [0.15, 0.2) is 18.2 Å². The normalized spacial score (nSPS) is 9.64. The highest BCUT2D eigenvalue weighted by Crippen LogP contribution is 2.18. The van der Waals surface area contributed by atoms with E-state index in [0.717, 1.165) is 22.1 Å². The van der Waals surface area contributed by atoms with E-state index in [9.17, 15) is 0 Å². The molecule has 0 saturated heterocycles. The van der Waals surface area contributed by atoms with Gasteiger partial charge in [-0.1, -0.05) is 33.5 Å². The van der Waals surface area contributed by atoms with Crippen LogP contribution in [0.25, 0.3) is 0 Å². The minimum absolute atomic E-state index is 0.728. The predicted octanol–water partition coefficient (Wildman–Crippen LogP) is 1.38. The van der Waals surface area contributed by atoms with Gasteiger partial charge in [-0.25, -0.2) is 0 Å². The van der Waals surface area contributed by atoms with E-state index in [-0.39, 0.29) is 0 Å². The average Bonchev–Trinajstić information content (AvgIpc) is 2.04. The summed E-state index contributed by atoms with van der Waals surface area (Å²) in [6.07, 6.45) is 0. The first kappa shape index (κ1) is 8.66. The van der Waals surface area contributed by atoms with E-state index in [2.05, 4.69) is 15.9 Å². The van der Waals surface area contributed by atoms with Gasteiger partial charge in [0.05, 0.1) is 7.11 Å². The van der Waals surface area contributed by atoms with Gasteiger partial charge in [-0.3, -0.25) is 0 Å². The molecule has 0 fully saturated rings. The second-order valence-corrected chi connectivity index (χ2v) is 2.77. The number of ether oxygens (including phenoxy) is 1. The van der Waals surface area contributed by atoms with Gasteiger partial charge in [0.2, 0.25) is 0 Å². The molecule has 0 heterocycles. The fourth-order valence-electron chi connectivity index (χ4n) is 0.872. The number of benzene rings is 1. The maximum absolute atomic E-state index is 5.56. The van der Waals surface area contributed by atoms with Crippen molar-refractivity contribution in [2.75, 3.05) is 7.11 Å². The fraction of sp³-hybridized carbons (Fsp3) is 0.250. The molecule has 1 aromatic carbocycles. The molecule has 0 aromatic heterocycles. The molecule has 0 aliphatic rings. The van der Waals surface area contributed by atoms with Crippen molar-refractivity contribution in [3.8, 4) is 5.75 Å². The third-order valence-corrected chi connectivity index (χ3v) is 2.06. The molecule has 1 rings (SSSR count). The first-order valence-electron chi connectivity index (χ1n) is 3.26. The summed E-state index contributed by atoms with van der Waals surface area (Å²) in [6, 6.07) is 5.62. The topological polar surface area (TPSA) is 9.23 Å². The molecule has 0 N–H and O–H groups in total. The van der Waals surface area contributed by atoms with Crippen LogP contribution in [-0.4, -0.2) is 15.0 Å². The van der Waals surface area contributed by atoms with Gasteiger partial charge in [-0.15, -0.1) is 0 Å². The zero-order valence-electron chi connectivity index (χ0n) is 6.30. The van der Waals surface area contributed by atoms with Crippen molar-refractivity contribution in [2.45, 2.75) is 5.33 Å². The first-order valence-corrected chi connectivity index (χ1v) is 4.38. The van der Waals surface area contributed by atoms with Crippen LogP contribution in [0.2, 0.25) is 0 Å².